The van der Waals surface area contributed by atoms with Crippen LogP contribution in [-0.2, 0) is 13.1 Å². The number of nitrogens with two attached hydrogens (primary N) is 2. The fourth-order valence-corrected chi connectivity index (χ4v) is 1.23. The quantitative estimate of drug-likeness (QED) is 0.675. The lowest BCUT2D eigenvalue weighted by atomic mass is 10.1. The summed E-state index contributed by atoms with van der Waals surface area (Å²) < 4.78 is 0. The van der Waals surface area contributed by atoms with Gasteiger partial charge < -0.3 is 11.5 Å². The van der Waals surface area contributed by atoms with Gasteiger partial charge in [0.25, 0.3) is 0 Å². The Morgan fingerprint density at radius 2 is 1.50 bits per heavy atom. The van der Waals surface area contributed by atoms with Gasteiger partial charge in [0.15, 0.2) is 0 Å². The fraction of sp³-hybridized carbons (Fsp3) is 0.444. The molecule has 0 saturated carbocycles. The van der Waals surface area contributed by atoms with E-state index in [9.17, 15) is 0 Å². The van der Waals surface area contributed by atoms with Gasteiger partial charge in [-0.1, -0.05) is 0 Å². The lowest BCUT2D eigenvalue weighted by Gasteiger charge is -2.07. The summed E-state index contributed by atoms with van der Waals surface area (Å²) in [5.41, 5.74) is 15.3. The van der Waals surface area contributed by atoms with Crippen molar-refractivity contribution in [1.82, 2.24) is 4.98 Å². The highest BCUT2D eigenvalue weighted by Gasteiger charge is 2.02. The van der Waals surface area contributed by atoms with Crippen LogP contribution in [0.25, 0.3) is 0 Å². The second kappa shape index (κ2) is 3.65. The molecule has 0 aliphatic heterocycles. The van der Waals surface area contributed by atoms with Crippen molar-refractivity contribution in [2.75, 3.05) is 0 Å². The number of pyridine rings is 1. The first-order chi connectivity index (χ1) is 5.69. The van der Waals surface area contributed by atoms with Crippen LogP contribution in [0, 0.1) is 13.8 Å². The third kappa shape index (κ3) is 1.62. The van der Waals surface area contributed by atoms with Gasteiger partial charge >= 0.3 is 0 Å². The van der Waals surface area contributed by atoms with E-state index in [1.165, 1.54) is 0 Å². The minimum absolute atomic E-state index is 0.534. The topological polar surface area (TPSA) is 64.9 Å². The van der Waals surface area contributed by atoms with E-state index in [0.29, 0.717) is 13.1 Å². The normalized spacial score (nSPS) is 10.3. The molecule has 0 saturated heterocycles. The van der Waals surface area contributed by atoms with Gasteiger partial charge in [0.2, 0.25) is 0 Å². The zero-order valence-electron chi connectivity index (χ0n) is 7.59. The molecule has 0 fully saturated rings. The Balaban J connectivity index is 3.18. The summed E-state index contributed by atoms with van der Waals surface area (Å²) in [5, 5.41) is 0. The molecule has 4 N–H and O–H groups in total. The highest BCUT2D eigenvalue weighted by molar-refractivity contribution is 5.29. The van der Waals surface area contributed by atoms with Gasteiger partial charge in [-0.25, -0.2) is 0 Å². The summed E-state index contributed by atoms with van der Waals surface area (Å²) in [4.78, 5) is 4.36. The molecule has 0 radical (unpaired) electrons. The molecule has 0 spiro atoms. The lowest BCUT2D eigenvalue weighted by molar-refractivity contribution is 0.937. The third-order valence-corrected chi connectivity index (χ3v) is 2.05. The van der Waals surface area contributed by atoms with Crippen molar-refractivity contribution in [3.63, 3.8) is 0 Å². The van der Waals surface area contributed by atoms with Crippen molar-refractivity contribution in [3.8, 4) is 0 Å². The van der Waals surface area contributed by atoms with E-state index in [1.54, 1.807) is 0 Å². The van der Waals surface area contributed by atoms with E-state index in [-0.39, 0.29) is 0 Å². The minimum Gasteiger partial charge on any atom is -0.326 e. The molecule has 0 aromatic carbocycles. The summed E-state index contributed by atoms with van der Waals surface area (Å²) in [7, 11) is 0. The molecule has 1 heterocycles. The first kappa shape index (κ1) is 9.16. The van der Waals surface area contributed by atoms with E-state index < -0.39 is 0 Å². The predicted molar refractivity (Wildman–Crippen MR) is 49.5 cm³/mol. The molecule has 0 aliphatic rings. The van der Waals surface area contributed by atoms with Crippen molar-refractivity contribution in [2.24, 2.45) is 11.5 Å². The Labute approximate surface area is 72.8 Å². The van der Waals surface area contributed by atoms with Crippen LogP contribution >= 0.6 is 0 Å². The zero-order chi connectivity index (χ0) is 9.14. The first-order valence-corrected chi connectivity index (χ1v) is 4.05. The Hall–Kier alpha value is -0.930. The van der Waals surface area contributed by atoms with Crippen molar-refractivity contribution in [1.29, 1.82) is 0 Å². The van der Waals surface area contributed by atoms with Gasteiger partial charge in [0, 0.05) is 24.5 Å². The van der Waals surface area contributed by atoms with Crippen molar-refractivity contribution in [3.05, 3.63) is 28.6 Å². The summed E-state index contributed by atoms with van der Waals surface area (Å²) in [6.07, 6.45) is 0. The van der Waals surface area contributed by atoms with E-state index in [2.05, 4.69) is 4.98 Å². The Kier molecular flexibility index (Phi) is 2.78. The smallest absolute Gasteiger partial charge is 0.0420 e. The average molecular weight is 165 g/mol. The van der Waals surface area contributed by atoms with E-state index in [1.807, 2.05) is 19.9 Å². The molecular formula is C9H15N3. The molecule has 1 aromatic rings. The van der Waals surface area contributed by atoms with Crippen LogP contribution in [0.1, 0.15) is 22.5 Å². The van der Waals surface area contributed by atoms with Gasteiger partial charge in [-0.05, 0) is 31.0 Å². The van der Waals surface area contributed by atoms with Crippen LogP contribution in [0.2, 0.25) is 0 Å². The summed E-state index contributed by atoms with van der Waals surface area (Å²) in [6.45, 7) is 5.00. The standard InChI is InChI=1S/C9H15N3/c1-6-8(4-10)3-9(5-11)7(2)12-6/h3H,4-5,10-11H2,1-2H3. The number of rotatable bonds is 2. The number of hydrogen-bond donors (Lipinski definition) is 2. The van der Waals surface area contributed by atoms with Crippen LogP contribution in [0.4, 0.5) is 0 Å². The largest absolute Gasteiger partial charge is 0.326 e. The first-order valence-electron chi connectivity index (χ1n) is 4.05. The summed E-state index contributed by atoms with van der Waals surface area (Å²) in [5.74, 6) is 0. The van der Waals surface area contributed by atoms with E-state index >= 15 is 0 Å². The number of nitrogens with zero attached hydrogens (tertiary/aromatic N) is 1. The van der Waals surface area contributed by atoms with Crippen LogP contribution in [-0.4, -0.2) is 4.98 Å². The van der Waals surface area contributed by atoms with Gasteiger partial charge in [-0.2, -0.15) is 0 Å². The molecule has 0 amide bonds. The highest BCUT2D eigenvalue weighted by Crippen LogP contribution is 2.10. The van der Waals surface area contributed by atoms with Gasteiger partial charge in [-0.3, -0.25) is 4.98 Å². The molecule has 0 unspecified atom stereocenters. The van der Waals surface area contributed by atoms with E-state index in [4.69, 9.17) is 11.5 Å². The molecule has 3 nitrogen and oxygen atoms in total. The number of aromatic nitrogens is 1. The van der Waals surface area contributed by atoms with Crippen LogP contribution in [0.3, 0.4) is 0 Å². The van der Waals surface area contributed by atoms with Crippen molar-refractivity contribution < 1.29 is 0 Å². The van der Waals surface area contributed by atoms with Crippen molar-refractivity contribution >= 4 is 0 Å². The van der Waals surface area contributed by atoms with E-state index in [0.717, 1.165) is 22.5 Å². The molecule has 66 valence electrons. The summed E-state index contributed by atoms with van der Waals surface area (Å²) >= 11 is 0. The maximum Gasteiger partial charge on any atom is 0.0420 e. The molecule has 0 bridgehead atoms. The number of aryl methyl sites for hydroxylation is 2. The SMILES string of the molecule is Cc1nc(C)c(CN)cc1CN. The molecule has 12 heavy (non-hydrogen) atoms. The Morgan fingerprint density at radius 1 is 1.08 bits per heavy atom. The summed E-state index contributed by atoms with van der Waals surface area (Å²) in [6, 6.07) is 2.04. The molecule has 0 atom stereocenters. The maximum absolute atomic E-state index is 5.54. The van der Waals surface area contributed by atoms with Crippen LogP contribution in [0.5, 0.6) is 0 Å². The predicted octanol–water partition coefficient (Wildman–Crippen LogP) is 0.616. The Bertz CT molecular complexity index is 256. The van der Waals surface area contributed by atoms with Gasteiger partial charge in [-0.15, -0.1) is 0 Å². The molecule has 1 rings (SSSR count). The zero-order valence-corrected chi connectivity index (χ0v) is 7.59. The maximum atomic E-state index is 5.54. The van der Waals surface area contributed by atoms with Gasteiger partial charge in [0.05, 0.1) is 0 Å². The highest BCUT2D eigenvalue weighted by atomic mass is 14.7. The third-order valence-electron chi connectivity index (χ3n) is 2.05. The monoisotopic (exact) mass is 165 g/mol. The number of hydrogen-bond acceptors (Lipinski definition) is 3. The second-order valence-electron chi connectivity index (χ2n) is 2.89. The van der Waals surface area contributed by atoms with Crippen molar-refractivity contribution in [2.45, 2.75) is 26.9 Å². The molecule has 0 aliphatic carbocycles. The van der Waals surface area contributed by atoms with Crippen LogP contribution in [0.15, 0.2) is 6.07 Å². The average Bonchev–Trinajstić information content (AvgIpc) is 2.05. The fourth-order valence-electron chi connectivity index (χ4n) is 1.23. The molecule has 3 heteroatoms. The van der Waals surface area contributed by atoms with Crippen LogP contribution < -0.4 is 11.5 Å². The lowest BCUT2D eigenvalue weighted by Crippen LogP contribution is -2.07. The van der Waals surface area contributed by atoms with Gasteiger partial charge in [0.1, 0.15) is 0 Å². The minimum atomic E-state index is 0.534. The second-order valence-corrected chi connectivity index (χ2v) is 2.89. The molecule has 1 aromatic heterocycles. The molecular weight excluding hydrogens is 150 g/mol. The Morgan fingerprint density at radius 3 is 1.83 bits per heavy atom.